The largest absolute Gasteiger partial charge is 0.413 e. The molecule has 1 N–H and O–H groups in total. The van der Waals surface area contributed by atoms with Crippen molar-refractivity contribution < 1.29 is 31.1 Å². The number of amides is 1. The molecule has 1 heterocycles. The molecule has 0 aromatic heterocycles. The summed E-state index contributed by atoms with van der Waals surface area (Å²) in [5.74, 6) is -1.16. The van der Waals surface area contributed by atoms with Crippen molar-refractivity contribution in [1.29, 1.82) is 0 Å². The molecule has 0 aliphatic carbocycles. The van der Waals surface area contributed by atoms with Crippen LogP contribution in [0.4, 0.5) is 26.3 Å². The van der Waals surface area contributed by atoms with Crippen molar-refractivity contribution >= 4 is 5.91 Å². The van der Waals surface area contributed by atoms with Crippen LogP contribution in [0.25, 0.3) is 0 Å². The van der Waals surface area contributed by atoms with Crippen molar-refractivity contribution in [2.45, 2.75) is 32.6 Å². The van der Waals surface area contributed by atoms with E-state index in [2.05, 4.69) is 5.32 Å². The summed E-state index contributed by atoms with van der Waals surface area (Å²) in [6.45, 7) is 3.07. The minimum absolute atomic E-state index is 0.310. The molecule has 1 aliphatic rings. The highest BCUT2D eigenvalue weighted by molar-refractivity contribution is 5.83. The molecule has 2 nitrogen and oxygen atoms in total. The van der Waals surface area contributed by atoms with E-state index in [4.69, 9.17) is 0 Å². The average molecular weight is 313 g/mol. The van der Waals surface area contributed by atoms with Crippen LogP contribution < -0.4 is 5.32 Å². The monoisotopic (exact) mass is 313 g/mol. The predicted molar refractivity (Wildman–Crippen MR) is 64.0 cm³/mol. The van der Waals surface area contributed by atoms with Gasteiger partial charge in [0.25, 0.3) is 0 Å². The summed E-state index contributed by atoms with van der Waals surface area (Å²) >= 11 is 0. The number of carbonyl (C=O) groups excluding carboxylic acids is 1. The molecule has 8 heteroatoms. The van der Waals surface area contributed by atoms with E-state index in [1.54, 1.807) is 6.92 Å². The summed E-state index contributed by atoms with van der Waals surface area (Å²) in [5, 5.41) is 2.17. The molecule has 0 spiro atoms. The Morgan fingerprint density at radius 2 is 1.86 bits per heavy atom. The van der Waals surface area contributed by atoms with Crippen molar-refractivity contribution in [2.24, 2.45) is 5.92 Å². The lowest BCUT2D eigenvalue weighted by atomic mass is 10.1. The van der Waals surface area contributed by atoms with Gasteiger partial charge < -0.3 is 5.32 Å². The maximum atomic E-state index is 12.7. The second-order valence-electron chi connectivity index (χ2n) is 4.75. The first-order valence-electron chi connectivity index (χ1n) is 5.94. The Morgan fingerprint density at radius 1 is 1.29 bits per heavy atom. The van der Waals surface area contributed by atoms with Crippen LogP contribution >= 0.6 is 0 Å². The lowest BCUT2D eigenvalue weighted by molar-refractivity contribution is -0.151. The standard InChI is InChI=1S/C13H13F6NO/c1-7-3-8(2)11(21)20-10(4-7)5-9(13(17,18)19)6-12(14,15)16/h3-5,8H,6H2,1-2H3,(H,20,21). The Bertz CT molecular complexity index is 510. The van der Waals surface area contributed by atoms with Crippen molar-refractivity contribution in [3.05, 3.63) is 35.1 Å². The van der Waals surface area contributed by atoms with Crippen molar-refractivity contribution in [3.63, 3.8) is 0 Å². The third kappa shape index (κ3) is 5.65. The van der Waals surface area contributed by atoms with E-state index < -0.39 is 36.2 Å². The maximum Gasteiger partial charge on any atom is 0.413 e. The zero-order valence-corrected chi connectivity index (χ0v) is 11.2. The quantitative estimate of drug-likeness (QED) is 0.766. The third-order valence-electron chi connectivity index (χ3n) is 2.66. The molecule has 21 heavy (non-hydrogen) atoms. The number of hydrogen-bond acceptors (Lipinski definition) is 1. The fraction of sp³-hybridized carbons (Fsp3) is 0.462. The van der Waals surface area contributed by atoms with Crippen LogP contribution in [0.1, 0.15) is 20.3 Å². The number of rotatable bonds is 2. The molecule has 0 radical (unpaired) electrons. The Balaban J connectivity index is 3.16. The first-order valence-corrected chi connectivity index (χ1v) is 5.94. The Kier molecular flexibility index (Phi) is 4.91. The number of nitrogens with one attached hydrogen (secondary N) is 1. The highest BCUT2D eigenvalue weighted by Crippen LogP contribution is 2.35. The molecule has 1 unspecified atom stereocenters. The number of hydrogen-bond donors (Lipinski definition) is 1. The molecule has 0 aromatic rings. The van der Waals surface area contributed by atoms with Crippen molar-refractivity contribution in [1.82, 2.24) is 5.32 Å². The van der Waals surface area contributed by atoms with Crippen LogP contribution in [-0.2, 0) is 4.79 Å². The van der Waals surface area contributed by atoms with E-state index in [0.717, 1.165) is 0 Å². The van der Waals surface area contributed by atoms with E-state index in [0.29, 0.717) is 11.6 Å². The van der Waals surface area contributed by atoms with Gasteiger partial charge in [0.15, 0.2) is 0 Å². The highest BCUT2D eigenvalue weighted by Gasteiger charge is 2.41. The highest BCUT2D eigenvalue weighted by atomic mass is 19.4. The van der Waals surface area contributed by atoms with Crippen LogP contribution in [0.5, 0.6) is 0 Å². The number of halogens is 6. The summed E-state index contributed by atoms with van der Waals surface area (Å²) in [6, 6.07) is 0. The molecule has 0 fully saturated rings. The Labute approximate surface area is 117 Å². The minimum Gasteiger partial charge on any atom is -0.326 e. The summed E-state index contributed by atoms with van der Waals surface area (Å²) in [4.78, 5) is 11.6. The van der Waals surface area contributed by atoms with Crippen molar-refractivity contribution in [2.75, 3.05) is 0 Å². The first kappa shape index (κ1) is 17.3. The van der Waals surface area contributed by atoms with Gasteiger partial charge in [-0.3, -0.25) is 4.79 Å². The number of alkyl halides is 6. The lowest BCUT2D eigenvalue weighted by Crippen LogP contribution is -2.27. The summed E-state index contributed by atoms with van der Waals surface area (Å²) < 4.78 is 74.6. The van der Waals surface area contributed by atoms with Gasteiger partial charge in [0.1, 0.15) is 0 Å². The summed E-state index contributed by atoms with van der Waals surface area (Å²) in [6.07, 6.45) is -9.20. The van der Waals surface area contributed by atoms with Crippen LogP contribution in [-0.4, -0.2) is 18.3 Å². The summed E-state index contributed by atoms with van der Waals surface area (Å²) in [7, 11) is 0. The molecule has 1 rings (SSSR count). The zero-order valence-electron chi connectivity index (χ0n) is 11.2. The normalized spacial score (nSPS) is 21.4. The zero-order chi connectivity index (χ0) is 16.4. The smallest absolute Gasteiger partial charge is 0.326 e. The topological polar surface area (TPSA) is 29.1 Å². The van der Waals surface area contributed by atoms with E-state index in [-0.39, 0.29) is 5.70 Å². The van der Waals surface area contributed by atoms with E-state index in [9.17, 15) is 31.1 Å². The Morgan fingerprint density at radius 3 is 2.33 bits per heavy atom. The second-order valence-corrected chi connectivity index (χ2v) is 4.75. The van der Waals surface area contributed by atoms with E-state index in [1.807, 2.05) is 0 Å². The molecule has 1 amide bonds. The fourth-order valence-electron chi connectivity index (χ4n) is 1.77. The summed E-state index contributed by atoms with van der Waals surface area (Å²) in [5.41, 5.74) is -1.58. The van der Waals surface area contributed by atoms with Gasteiger partial charge in [0.2, 0.25) is 5.91 Å². The average Bonchev–Trinajstić information content (AvgIpc) is 2.34. The first-order chi connectivity index (χ1) is 9.38. The minimum atomic E-state index is -5.13. The Hall–Kier alpha value is -1.73. The fourth-order valence-corrected chi connectivity index (χ4v) is 1.77. The molecular formula is C13H13F6NO. The van der Waals surface area contributed by atoms with E-state index >= 15 is 0 Å². The molecule has 0 bridgehead atoms. The lowest BCUT2D eigenvalue weighted by Gasteiger charge is -2.15. The van der Waals surface area contributed by atoms with Crippen LogP contribution in [0.2, 0.25) is 0 Å². The molecular weight excluding hydrogens is 300 g/mol. The van der Waals surface area contributed by atoms with Crippen LogP contribution in [0, 0.1) is 5.92 Å². The second kappa shape index (κ2) is 5.95. The molecule has 118 valence electrons. The van der Waals surface area contributed by atoms with Crippen LogP contribution in [0.15, 0.2) is 35.1 Å². The van der Waals surface area contributed by atoms with Crippen LogP contribution in [0.3, 0.4) is 0 Å². The van der Waals surface area contributed by atoms with E-state index in [1.165, 1.54) is 19.1 Å². The maximum absolute atomic E-state index is 12.7. The molecule has 1 atom stereocenters. The number of allylic oxidation sites excluding steroid dienone is 4. The molecule has 0 saturated heterocycles. The SMILES string of the molecule is CC1=CC(C)C(=O)NC(C=C(CC(F)(F)F)C(F)(F)F)=C1. The molecule has 0 aromatic carbocycles. The van der Waals surface area contributed by atoms with Gasteiger partial charge in [0.05, 0.1) is 12.3 Å². The molecule has 0 saturated carbocycles. The van der Waals surface area contributed by atoms with Gasteiger partial charge in [-0.15, -0.1) is 0 Å². The third-order valence-corrected chi connectivity index (χ3v) is 2.66. The van der Waals surface area contributed by atoms with Gasteiger partial charge >= 0.3 is 12.4 Å². The van der Waals surface area contributed by atoms with Crippen molar-refractivity contribution in [3.8, 4) is 0 Å². The van der Waals surface area contributed by atoms with Gasteiger partial charge in [-0.1, -0.05) is 18.6 Å². The van der Waals surface area contributed by atoms with Gasteiger partial charge in [-0.05, 0) is 19.1 Å². The molecule has 1 aliphatic heterocycles. The van der Waals surface area contributed by atoms with Gasteiger partial charge in [-0.2, -0.15) is 26.3 Å². The predicted octanol–water partition coefficient (Wildman–Crippen LogP) is 4.02. The van der Waals surface area contributed by atoms with Gasteiger partial charge in [-0.25, -0.2) is 0 Å². The van der Waals surface area contributed by atoms with Gasteiger partial charge in [0, 0.05) is 11.3 Å². The number of carbonyl (C=O) groups is 1.